The predicted octanol–water partition coefficient (Wildman–Crippen LogP) is 0.755. The molecule has 6 nitrogen and oxygen atoms in total. The molecule has 3 unspecified atom stereocenters. The number of hydrogen-bond donors (Lipinski definition) is 3. The van der Waals surface area contributed by atoms with Gasteiger partial charge in [0.25, 0.3) is 0 Å². The maximum atomic E-state index is 12.5. The summed E-state index contributed by atoms with van der Waals surface area (Å²) in [6.45, 7) is 1.33. The molecule has 1 amide bonds. The van der Waals surface area contributed by atoms with Gasteiger partial charge in [-0.3, -0.25) is 4.79 Å². The molecule has 2 fully saturated rings. The van der Waals surface area contributed by atoms with Crippen LogP contribution in [0.3, 0.4) is 0 Å². The number of ether oxygens (including phenoxy) is 1. The van der Waals surface area contributed by atoms with Crippen molar-refractivity contribution in [3.05, 3.63) is 36.1 Å². The van der Waals surface area contributed by atoms with Crippen molar-refractivity contribution in [1.29, 1.82) is 0 Å². The number of nitrogens with one attached hydrogen (secondary N) is 1. The molecule has 3 N–H and O–H groups in total. The number of benzene rings is 1. The average molecular weight is 329 g/mol. The number of amides is 1. The van der Waals surface area contributed by atoms with E-state index in [0.29, 0.717) is 25.6 Å². The highest BCUT2D eigenvalue weighted by atomic mass is 16.5. The molecule has 7 heteroatoms. The van der Waals surface area contributed by atoms with E-state index in [1.165, 1.54) is 0 Å². The number of carbonyl (C=O) groups is 1. The Morgan fingerprint density at radius 1 is 1.33 bits per heavy atom. The summed E-state index contributed by atoms with van der Waals surface area (Å²) < 4.78 is 10.9. The summed E-state index contributed by atoms with van der Waals surface area (Å²) in [5, 5.41) is 23.1. The van der Waals surface area contributed by atoms with Crippen LogP contribution in [0.25, 0.3) is 11.0 Å². The van der Waals surface area contributed by atoms with Crippen LogP contribution in [0.2, 0.25) is 0 Å². The molecule has 1 aliphatic heterocycles. The molecule has 24 heavy (non-hydrogen) atoms. The van der Waals surface area contributed by atoms with Crippen molar-refractivity contribution in [2.75, 3.05) is 13.2 Å². The second-order valence-electron chi connectivity index (χ2n) is 6.71. The van der Waals surface area contributed by atoms with Gasteiger partial charge >= 0.3 is 7.12 Å². The maximum Gasteiger partial charge on any atom is 0.475 e. The Hall–Kier alpha value is -1.83. The SMILES string of the molecule is O=C(N[C@@H](Cc1coc2ccccc12)B(O)O)C1C2CCOCC21. The molecule has 2 heterocycles. The van der Waals surface area contributed by atoms with Crippen LogP contribution in [0, 0.1) is 17.8 Å². The van der Waals surface area contributed by atoms with Crippen molar-refractivity contribution in [2.24, 2.45) is 17.8 Å². The predicted molar refractivity (Wildman–Crippen MR) is 87.9 cm³/mol. The zero-order valence-corrected chi connectivity index (χ0v) is 13.2. The van der Waals surface area contributed by atoms with E-state index in [2.05, 4.69) is 5.32 Å². The van der Waals surface area contributed by atoms with Crippen LogP contribution < -0.4 is 5.32 Å². The van der Waals surface area contributed by atoms with E-state index in [1.807, 2.05) is 24.3 Å². The molecule has 0 spiro atoms. The monoisotopic (exact) mass is 329 g/mol. The van der Waals surface area contributed by atoms with Crippen LogP contribution in [0.5, 0.6) is 0 Å². The third kappa shape index (κ3) is 2.83. The van der Waals surface area contributed by atoms with Crippen LogP contribution in [-0.2, 0) is 16.0 Å². The fourth-order valence-electron chi connectivity index (χ4n) is 3.83. The van der Waals surface area contributed by atoms with Gasteiger partial charge in [-0.15, -0.1) is 0 Å². The Kier molecular flexibility index (Phi) is 4.08. The van der Waals surface area contributed by atoms with Gasteiger partial charge in [0.05, 0.1) is 18.8 Å². The van der Waals surface area contributed by atoms with Crippen molar-refractivity contribution in [3.63, 3.8) is 0 Å². The summed E-state index contributed by atoms with van der Waals surface area (Å²) in [7, 11) is -1.63. The summed E-state index contributed by atoms with van der Waals surface area (Å²) in [6, 6.07) is 7.56. The van der Waals surface area contributed by atoms with Gasteiger partial charge in [0, 0.05) is 17.9 Å². The van der Waals surface area contributed by atoms with Crippen LogP contribution in [-0.4, -0.2) is 42.2 Å². The lowest BCUT2D eigenvalue weighted by atomic mass is 9.75. The van der Waals surface area contributed by atoms with E-state index in [1.54, 1.807) is 6.26 Å². The zero-order chi connectivity index (χ0) is 16.7. The molecule has 1 aromatic heterocycles. The second kappa shape index (κ2) is 6.24. The zero-order valence-electron chi connectivity index (χ0n) is 13.2. The first-order valence-corrected chi connectivity index (χ1v) is 8.34. The first-order valence-electron chi connectivity index (χ1n) is 8.34. The Morgan fingerprint density at radius 2 is 2.17 bits per heavy atom. The number of carbonyl (C=O) groups excluding carboxylic acids is 1. The Bertz CT molecular complexity index is 733. The third-order valence-electron chi connectivity index (χ3n) is 5.23. The minimum absolute atomic E-state index is 0.0603. The van der Waals surface area contributed by atoms with Crippen LogP contribution in [0.4, 0.5) is 0 Å². The molecule has 2 aliphatic rings. The number of fused-ring (bicyclic) bond motifs is 2. The molecular formula is C17H20BNO5. The molecule has 0 bridgehead atoms. The molecule has 1 aliphatic carbocycles. The number of para-hydroxylation sites is 1. The van der Waals surface area contributed by atoms with Crippen LogP contribution in [0.1, 0.15) is 12.0 Å². The minimum atomic E-state index is -1.63. The maximum absolute atomic E-state index is 12.5. The quantitative estimate of drug-likeness (QED) is 0.704. The van der Waals surface area contributed by atoms with Crippen molar-refractivity contribution >= 4 is 24.0 Å². The van der Waals surface area contributed by atoms with Crippen molar-refractivity contribution in [1.82, 2.24) is 5.32 Å². The van der Waals surface area contributed by atoms with E-state index in [-0.39, 0.29) is 17.7 Å². The van der Waals surface area contributed by atoms with Crippen LogP contribution in [0.15, 0.2) is 34.9 Å². The molecule has 0 radical (unpaired) electrons. The highest BCUT2D eigenvalue weighted by molar-refractivity contribution is 6.43. The van der Waals surface area contributed by atoms with Gasteiger partial charge in [0.2, 0.25) is 5.91 Å². The van der Waals surface area contributed by atoms with E-state index in [9.17, 15) is 14.8 Å². The lowest BCUT2D eigenvalue weighted by molar-refractivity contribution is -0.123. The molecule has 4 rings (SSSR count). The first-order chi connectivity index (χ1) is 11.6. The average Bonchev–Trinajstić information content (AvgIpc) is 3.19. The molecule has 1 saturated heterocycles. The summed E-state index contributed by atoms with van der Waals surface area (Å²) >= 11 is 0. The normalized spacial score (nSPS) is 26.7. The summed E-state index contributed by atoms with van der Waals surface area (Å²) in [6.07, 6.45) is 2.82. The van der Waals surface area contributed by atoms with Gasteiger partial charge in [-0.25, -0.2) is 0 Å². The van der Waals surface area contributed by atoms with E-state index in [4.69, 9.17) is 9.15 Å². The molecule has 1 aromatic carbocycles. The molecule has 1 saturated carbocycles. The van der Waals surface area contributed by atoms with E-state index < -0.39 is 13.1 Å². The smallest absolute Gasteiger partial charge is 0.464 e. The number of hydrogen-bond acceptors (Lipinski definition) is 5. The minimum Gasteiger partial charge on any atom is -0.464 e. The van der Waals surface area contributed by atoms with E-state index in [0.717, 1.165) is 23.0 Å². The van der Waals surface area contributed by atoms with E-state index >= 15 is 0 Å². The highest BCUT2D eigenvalue weighted by Crippen LogP contribution is 2.51. The third-order valence-corrected chi connectivity index (χ3v) is 5.23. The first kappa shape index (κ1) is 15.7. The van der Waals surface area contributed by atoms with Crippen LogP contribution >= 0.6 is 0 Å². The lowest BCUT2D eigenvalue weighted by Gasteiger charge is -2.17. The van der Waals surface area contributed by atoms with Crippen molar-refractivity contribution in [3.8, 4) is 0 Å². The fraction of sp³-hybridized carbons (Fsp3) is 0.471. The Morgan fingerprint density at radius 3 is 2.92 bits per heavy atom. The summed E-state index contributed by atoms with van der Waals surface area (Å²) in [5.74, 6) is -0.270. The number of furan rings is 1. The Balaban J connectivity index is 1.46. The van der Waals surface area contributed by atoms with Gasteiger partial charge in [0.1, 0.15) is 5.58 Å². The molecular weight excluding hydrogens is 309 g/mol. The largest absolute Gasteiger partial charge is 0.475 e. The molecule has 4 atom stereocenters. The highest BCUT2D eigenvalue weighted by Gasteiger charge is 2.56. The van der Waals surface area contributed by atoms with Gasteiger partial charge in [0.15, 0.2) is 0 Å². The summed E-state index contributed by atoms with van der Waals surface area (Å²) in [5.41, 5.74) is 1.59. The molecule has 126 valence electrons. The number of rotatable bonds is 5. The standard InChI is InChI=1S/C17H20BNO5/c20-17(16-12-5-6-23-9-13(12)16)19-15(18(21)22)7-10-8-24-14-4-2-1-3-11(10)14/h1-4,8,12-13,15-16,21-22H,5-7,9H2,(H,19,20)/t12?,13?,15-,16?/m0/s1. The van der Waals surface area contributed by atoms with Gasteiger partial charge < -0.3 is 24.5 Å². The second-order valence-corrected chi connectivity index (χ2v) is 6.71. The topological polar surface area (TPSA) is 91.9 Å². The van der Waals surface area contributed by atoms with Gasteiger partial charge in [-0.05, 0) is 36.3 Å². The fourth-order valence-corrected chi connectivity index (χ4v) is 3.83. The lowest BCUT2D eigenvalue weighted by Crippen LogP contribution is -2.48. The Labute approximate surface area is 139 Å². The van der Waals surface area contributed by atoms with Gasteiger partial charge in [-0.2, -0.15) is 0 Å². The summed E-state index contributed by atoms with van der Waals surface area (Å²) in [4.78, 5) is 12.5. The van der Waals surface area contributed by atoms with Gasteiger partial charge in [-0.1, -0.05) is 18.2 Å². The van der Waals surface area contributed by atoms with Crippen molar-refractivity contribution in [2.45, 2.75) is 18.8 Å². The van der Waals surface area contributed by atoms with Crippen molar-refractivity contribution < 1.29 is 24.0 Å². The molecule has 2 aromatic rings.